The average Bonchev–Trinajstić information content (AvgIpc) is 2.65. The molecule has 1 aliphatic rings. The number of rotatable bonds is 2. The lowest BCUT2D eigenvalue weighted by Gasteiger charge is -2.15. The second-order valence-corrected chi connectivity index (χ2v) is 4.79. The van der Waals surface area contributed by atoms with Gasteiger partial charge in [-0.25, -0.2) is 0 Å². The molecule has 1 N–H and O–H groups in total. The highest BCUT2D eigenvalue weighted by Gasteiger charge is 2.21. The highest BCUT2D eigenvalue weighted by Crippen LogP contribution is 2.27. The molecule has 1 aromatic carbocycles. The first-order chi connectivity index (χ1) is 7.16. The van der Waals surface area contributed by atoms with Crippen LogP contribution in [0.4, 0.5) is 5.69 Å². The van der Waals surface area contributed by atoms with Crippen LogP contribution in [0.5, 0.6) is 0 Å². The van der Waals surface area contributed by atoms with Crippen molar-refractivity contribution in [3.05, 3.63) is 29.8 Å². The zero-order valence-electron chi connectivity index (χ0n) is 9.83. The SMILES string of the molecule is CC1CNC(c2ccc(N(C)C)cc2)C1. The van der Waals surface area contributed by atoms with Gasteiger partial charge in [-0.2, -0.15) is 0 Å². The van der Waals surface area contributed by atoms with Crippen LogP contribution in [0.25, 0.3) is 0 Å². The Labute approximate surface area is 92.3 Å². The Hall–Kier alpha value is -1.02. The minimum atomic E-state index is 0.566. The first-order valence-electron chi connectivity index (χ1n) is 5.67. The van der Waals surface area contributed by atoms with Gasteiger partial charge < -0.3 is 10.2 Å². The summed E-state index contributed by atoms with van der Waals surface area (Å²) < 4.78 is 0. The van der Waals surface area contributed by atoms with Gasteiger partial charge in [-0.3, -0.25) is 0 Å². The molecule has 2 heteroatoms. The number of hydrogen-bond donors (Lipinski definition) is 1. The molecule has 2 unspecified atom stereocenters. The van der Waals surface area contributed by atoms with E-state index >= 15 is 0 Å². The third-order valence-electron chi connectivity index (χ3n) is 3.16. The van der Waals surface area contributed by atoms with E-state index in [1.54, 1.807) is 0 Å². The van der Waals surface area contributed by atoms with Gasteiger partial charge in [0.05, 0.1) is 0 Å². The summed E-state index contributed by atoms with van der Waals surface area (Å²) in [5.41, 5.74) is 2.69. The van der Waals surface area contributed by atoms with Crippen LogP contribution in [0.2, 0.25) is 0 Å². The maximum Gasteiger partial charge on any atom is 0.0361 e. The van der Waals surface area contributed by atoms with Gasteiger partial charge in [-0.05, 0) is 36.6 Å². The molecule has 0 spiro atoms. The maximum atomic E-state index is 3.56. The van der Waals surface area contributed by atoms with Gasteiger partial charge in [0.25, 0.3) is 0 Å². The first kappa shape index (κ1) is 10.5. The fourth-order valence-corrected chi connectivity index (χ4v) is 2.17. The molecule has 15 heavy (non-hydrogen) atoms. The van der Waals surface area contributed by atoms with Gasteiger partial charge in [0, 0.05) is 25.8 Å². The molecule has 1 heterocycles. The van der Waals surface area contributed by atoms with Crippen LogP contribution in [0, 0.1) is 5.92 Å². The maximum absolute atomic E-state index is 3.56. The van der Waals surface area contributed by atoms with Crippen molar-refractivity contribution in [1.29, 1.82) is 0 Å². The highest BCUT2D eigenvalue weighted by molar-refractivity contribution is 5.46. The standard InChI is InChI=1S/C13H20N2/c1-10-8-13(14-9-10)11-4-6-12(7-5-11)15(2)3/h4-7,10,13-14H,8-9H2,1-3H3. The van der Waals surface area contributed by atoms with E-state index in [1.807, 2.05) is 0 Å². The van der Waals surface area contributed by atoms with Crippen molar-refractivity contribution in [2.75, 3.05) is 25.5 Å². The molecular weight excluding hydrogens is 184 g/mol. The Balaban J connectivity index is 2.10. The molecule has 1 aromatic rings. The Kier molecular flexibility index (Phi) is 2.96. The molecule has 0 radical (unpaired) electrons. The smallest absolute Gasteiger partial charge is 0.0361 e. The first-order valence-corrected chi connectivity index (χ1v) is 5.67. The molecule has 0 aromatic heterocycles. The van der Waals surface area contributed by atoms with Crippen LogP contribution in [0.15, 0.2) is 24.3 Å². The van der Waals surface area contributed by atoms with Crippen LogP contribution in [-0.4, -0.2) is 20.6 Å². The number of benzene rings is 1. The molecule has 0 aliphatic carbocycles. The summed E-state index contributed by atoms with van der Waals surface area (Å²) in [5, 5.41) is 3.56. The van der Waals surface area contributed by atoms with Gasteiger partial charge in [0.15, 0.2) is 0 Å². The van der Waals surface area contributed by atoms with Crippen LogP contribution >= 0.6 is 0 Å². The van der Waals surface area contributed by atoms with Crippen molar-refractivity contribution >= 4 is 5.69 Å². The summed E-state index contributed by atoms with van der Waals surface area (Å²) in [6.07, 6.45) is 1.27. The van der Waals surface area contributed by atoms with E-state index in [2.05, 4.69) is 55.5 Å². The van der Waals surface area contributed by atoms with Gasteiger partial charge >= 0.3 is 0 Å². The van der Waals surface area contributed by atoms with Crippen LogP contribution in [-0.2, 0) is 0 Å². The minimum Gasteiger partial charge on any atom is -0.378 e. The van der Waals surface area contributed by atoms with E-state index < -0.39 is 0 Å². The molecular formula is C13H20N2. The van der Waals surface area contributed by atoms with Crippen molar-refractivity contribution in [2.45, 2.75) is 19.4 Å². The third-order valence-corrected chi connectivity index (χ3v) is 3.16. The van der Waals surface area contributed by atoms with E-state index in [-0.39, 0.29) is 0 Å². The quantitative estimate of drug-likeness (QED) is 0.796. The van der Waals surface area contributed by atoms with Crippen molar-refractivity contribution in [3.63, 3.8) is 0 Å². The molecule has 2 nitrogen and oxygen atoms in total. The molecule has 0 amide bonds. The largest absolute Gasteiger partial charge is 0.378 e. The summed E-state index contributed by atoms with van der Waals surface area (Å²) in [6, 6.07) is 9.44. The van der Waals surface area contributed by atoms with Gasteiger partial charge in [0.1, 0.15) is 0 Å². The molecule has 1 aliphatic heterocycles. The lowest BCUT2D eigenvalue weighted by molar-refractivity contribution is 0.612. The fraction of sp³-hybridized carbons (Fsp3) is 0.538. The van der Waals surface area contributed by atoms with Crippen molar-refractivity contribution in [1.82, 2.24) is 5.32 Å². The van der Waals surface area contributed by atoms with Crippen LogP contribution in [0.1, 0.15) is 24.9 Å². The van der Waals surface area contributed by atoms with E-state index in [0.29, 0.717) is 6.04 Å². The number of nitrogens with zero attached hydrogens (tertiary/aromatic N) is 1. The predicted molar refractivity (Wildman–Crippen MR) is 65.3 cm³/mol. The number of hydrogen-bond acceptors (Lipinski definition) is 2. The number of anilines is 1. The van der Waals surface area contributed by atoms with Crippen molar-refractivity contribution < 1.29 is 0 Å². The summed E-state index contributed by atoms with van der Waals surface area (Å²) in [5.74, 6) is 0.809. The number of nitrogens with one attached hydrogen (secondary N) is 1. The highest BCUT2D eigenvalue weighted by atomic mass is 15.1. The monoisotopic (exact) mass is 204 g/mol. The van der Waals surface area contributed by atoms with E-state index in [0.717, 1.165) is 12.5 Å². The van der Waals surface area contributed by atoms with Gasteiger partial charge in [-0.1, -0.05) is 19.1 Å². The minimum absolute atomic E-state index is 0.566. The summed E-state index contributed by atoms with van der Waals surface area (Å²) in [6.45, 7) is 3.46. The molecule has 0 bridgehead atoms. The van der Waals surface area contributed by atoms with E-state index in [4.69, 9.17) is 0 Å². The predicted octanol–water partition coefficient (Wildman–Crippen LogP) is 2.42. The normalized spacial score (nSPS) is 25.5. The zero-order chi connectivity index (χ0) is 10.8. The average molecular weight is 204 g/mol. The molecule has 2 rings (SSSR count). The van der Waals surface area contributed by atoms with Gasteiger partial charge in [0.2, 0.25) is 0 Å². The van der Waals surface area contributed by atoms with Gasteiger partial charge in [-0.15, -0.1) is 0 Å². The molecule has 2 atom stereocenters. The lowest BCUT2D eigenvalue weighted by atomic mass is 10.0. The second-order valence-electron chi connectivity index (χ2n) is 4.79. The van der Waals surface area contributed by atoms with Crippen LogP contribution in [0.3, 0.4) is 0 Å². The third kappa shape index (κ3) is 2.32. The summed E-state index contributed by atoms with van der Waals surface area (Å²) in [7, 11) is 4.15. The lowest BCUT2D eigenvalue weighted by Crippen LogP contribution is -2.14. The molecule has 0 saturated carbocycles. The second kappa shape index (κ2) is 4.23. The molecule has 82 valence electrons. The van der Waals surface area contributed by atoms with Crippen molar-refractivity contribution in [2.24, 2.45) is 5.92 Å². The Morgan fingerprint density at radius 1 is 1.20 bits per heavy atom. The topological polar surface area (TPSA) is 15.3 Å². The zero-order valence-corrected chi connectivity index (χ0v) is 9.83. The Morgan fingerprint density at radius 2 is 1.87 bits per heavy atom. The molecule has 1 fully saturated rings. The van der Waals surface area contributed by atoms with Crippen molar-refractivity contribution in [3.8, 4) is 0 Å². The van der Waals surface area contributed by atoms with E-state index in [1.165, 1.54) is 17.7 Å². The Bertz CT molecular complexity index is 316. The van der Waals surface area contributed by atoms with E-state index in [9.17, 15) is 0 Å². The van der Waals surface area contributed by atoms with Crippen LogP contribution < -0.4 is 10.2 Å². The fourth-order valence-electron chi connectivity index (χ4n) is 2.17. The summed E-state index contributed by atoms with van der Waals surface area (Å²) in [4.78, 5) is 2.13. The molecule has 1 saturated heterocycles. The Morgan fingerprint density at radius 3 is 2.33 bits per heavy atom. The summed E-state index contributed by atoms with van der Waals surface area (Å²) >= 11 is 0.